The zero-order valence-corrected chi connectivity index (χ0v) is 13.3. The third-order valence-electron chi connectivity index (χ3n) is 4.60. The highest BCUT2D eigenvalue weighted by atomic mass is 15.2. The minimum atomic E-state index is 0.677. The largest absolute Gasteiger partial charge is 0.311 e. The van der Waals surface area contributed by atoms with Crippen LogP contribution in [0, 0.1) is 12.8 Å². The molecule has 0 spiro atoms. The van der Waals surface area contributed by atoms with Crippen molar-refractivity contribution in [1.29, 1.82) is 0 Å². The lowest BCUT2D eigenvalue weighted by Crippen LogP contribution is -2.30. The Morgan fingerprint density at radius 2 is 2.24 bits per heavy atom. The summed E-state index contributed by atoms with van der Waals surface area (Å²) in [6.45, 7) is 11.2. The summed E-state index contributed by atoms with van der Waals surface area (Å²) in [7, 11) is 0. The minimum Gasteiger partial charge on any atom is -0.311 e. The van der Waals surface area contributed by atoms with Gasteiger partial charge in [0.1, 0.15) is 5.65 Å². The van der Waals surface area contributed by atoms with Gasteiger partial charge in [0.25, 0.3) is 0 Å². The van der Waals surface area contributed by atoms with Crippen molar-refractivity contribution < 1.29 is 0 Å². The normalized spacial score (nSPS) is 19.9. The number of hydrogen-bond acceptors (Lipinski definition) is 3. The Labute approximate surface area is 127 Å². The molecule has 4 nitrogen and oxygen atoms in total. The third kappa shape index (κ3) is 3.11. The molecule has 114 valence electrons. The molecule has 21 heavy (non-hydrogen) atoms. The molecule has 0 saturated carbocycles. The van der Waals surface area contributed by atoms with Crippen molar-refractivity contribution in [1.82, 2.24) is 19.6 Å². The van der Waals surface area contributed by atoms with Gasteiger partial charge in [-0.15, -0.1) is 0 Å². The Morgan fingerprint density at radius 1 is 1.38 bits per heavy atom. The number of imidazole rings is 1. The first-order valence-electron chi connectivity index (χ1n) is 8.02. The molecule has 0 radical (unpaired) electrons. The second kappa shape index (κ2) is 6.16. The summed E-state index contributed by atoms with van der Waals surface area (Å²) >= 11 is 0. The van der Waals surface area contributed by atoms with Crippen LogP contribution in [0.4, 0.5) is 0 Å². The number of fused-ring (bicyclic) bond motifs is 1. The van der Waals surface area contributed by atoms with Gasteiger partial charge >= 0.3 is 0 Å². The monoisotopic (exact) mass is 286 g/mol. The van der Waals surface area contributed by atoms with Crippen molar-refractivity contribution in [3.8, 4) is 0 Å². The summed E-state index contributed by atoms with van der Waals surface area (Å²) in [6, 6.07) is 6.84. The first-order chi connectivity index (χ1) is 10.1. The number of likely N-dealkylation sites (tertiary alicyclic amines) is 1. The fraction of sp³-hybridized carbons (Fsp3) is 0.588. The Bertz CT molecular complexity index is 602. The van der Waals surface area contributed by atoms with Crippen LogP contribution >= 0.6 is 0 Å². The summed E-state index contributed by atoms with van der Waals surface area (Å²) in [5, 5.41) is 3.63. The van der Waals surface area contributed by atoms with Gasteiger partial charge in [-0.3, -0.25) is 0 Å². The second-order valence-corrected chi connectivity index (χ2v) is 6.45. The first-order valence-corrected chi connectivity index (χ1v) is 8.02. The van der Waals surface area contributed by atoms with Crippen molar-refractivity contribution in [2.75, 3.05) is 19.6 Å². The molecule has 0 bridgehead atoms. The Kier molecular flexibility index (Phi) is 4.27. The smallest absolute Gasteiger partial charge is 0.137 e. The molecule has 0 amide bonds. The Morgan fingerprint density at radius 3 is 3.00 bits per heavy atom. The summed E-state index contributed by atoms with van der Waals surface area (Å²) < 4.78 is 2.19. The molecule has 3 heterocycles. The number of aryl methyl sites for hydroxylation is 1. The quantitative estimate of drug-likeness (QED) is 0.916. The van der Waals surface area contributed by atoms with Crippen molar-refractivity contribution >= 4 is 5.65 Å². The van der Waals surface area contributed by atoms with E-state index < -0.39 is 0 Å². The summed E-state index contributed by atoms with van der Waals surface area (Å²) in [5.74, 6) is 0.784. The van der Waals surface area contributed by atoms with Gasteiger partial charge in [0.15, 0.2) is 0 Å². The van der Waals surface area contributed by atoms with Crippen LogP contribution in [-0.2, 0) is 6.54 Å². The van der Waals surface area contributed by atoms with Gasteiger partial charge in [-0.25, -0.2) is 4.98 Å². The van der Waals surface area contributed by atoms with Crippen LogP contribution in [0.2, 0.25) is 0 Å². The van der Waals surface area contributed by atoms with Crippen LogP contribution in [0.1, 0.15) is 31.7 Å². The number of hydrogen-bond donors (Lipinski definition) is 1. The molecular weight excluding hydrogens is 260 g/mol. The van der Waals surface area contributed by atoms with E-state index in [4.69, 9.17) is 0 Å². The number of rotatable bonds is 5. The molecule has 4 heteroatoms. The van der Waals surface area contributed by atoms with E-state index in [0.29, 0.717) is 6.04 Å². The lowest BCUT2D eigenvalue weighted by molar-refractivity contribution is 0.264. The van der Waals surface area contributed by atoms with E-state index in [1.165, 1.54) is 25.2 Å². The Balaban J connectivity index is 1.57. The summed E-state index contributed by atoms with van der Waals surface area (Å²) in [6.07, 6.45) is 3.42. The van der Waals surface area contributed by atoms with Crippen molar-refractivity contribution in [2.24, 2.45) is 5.92 Å². The average molecular weight is 286 g/mol. The predicted octanol–water partition coefficient (Wildman–Crippen LogP) is 2.46. The highest BCUT2D eigenvalue weighted by molar-refractivity contribution is 5.42. The van der Waals surface area contributed by atoms with Crippen LogP contribution in [0.15, 0.2) is 24.4 Å². The highest BCUT2D eigenvalue weighted by Gasteiger charge is 2.23. The number of nitrogens with zero attached hydrogens (tertiary/aromatic N) is 3. The summed E-state index contributed by atoms with van der Waals surface area (Å²) in [4.78, 5) is 7.19. The van der Waals surface area contributed by atoms with E-state index in [9.17, 15) is 0 Å². The fourth-order valence-electron chi connectivity index (χ4n) is 3.27. The van der Waals surface area contributed by atoms with Gasteiger partial charge < -0.3 is 14.6 Å². The number of aromatic nitrogens is 2. The lowest BCUT2D eigenvalue weighted by Gasteiger charge is -2.20. The van der Waals surface area contributed by atoms with E-state index in [1.807, 2.05) is 6.07 Å². The molecule has 0 aromatic carbocycles. The van der Waals surface area contributed by atoms with Crippen LogP contribution < -0.4 is 5.32 Å². The van der Waals surface area contributed by atoms with Gasteiger partial charge in [0.2, 0.25) is 0 Å². The van der Waals surface area contributed by atoms with Crippen molar-refractivity contribution in [2.45, 2.75) is 39.8 Å². The van der Waals surface area contributed by atoms with E-state index in [0.717, 1.165) is 30.3 Å². The SMILES string of the molecule is Cc1nc2ccccn2c1CNCC1CCN(C(C)C)C1. The maximum Gasteiger partial charge on any atom is 0.137 e. The van der Waals surface area contributed by atoms with Crippen LogP contribution in [0.3, 0.4) is 0 Å². The second-order valence-electron chi connectivity index (χ2n) is 6.45. The van der Waals surface area contributed by atoms with Crippen molar-refractivity contribution in [3.63, 3.8) is 0 Å². The molecule has 1 aliphatic rings. The molecule has 1 saturated heterocycles. The predicted molar refractivity (Wildman–Crippen MR) is 86.5 cm³/mol. The van der Waals surface area contributed by atoms with E-state index in [1.54, 1.807) is 0 Å². The molecule has 1 fully saturated rings. The van der Waals surface area contributed by atoms with Crippen molar-refractivity contribution in [3.05, 3.63) is 35.8 Å². The molecule has 0 aliphatic carbocycles. The molecule has 1 atom stereocenters. The van der Waals surface area contributed by atoms with Gasteiger partial charge in [-0.2, -0.15) is 0 Å². The van der Waals surface area contributed by atoms with Gasteiger partial charge in [0, 0.05) is 25.3 Å². The molecule has 3 rings (SSSR count). The zero-order valence-electron chi connectivity index (χ0n) is 13.3. The maximum atomic E-state index is 4.61. The van der Waals surface area contributed by atoms with Gasteiger partial charge in [-0.05, 0) is 58.3 Å². The molecule has 1 unspecified atom stereocenters. The topological polar surface area (TPSA) is 32.6 Å². The van der Waals surface area contributed by atoms with Crippen LogP contribution in [0.25, 0.3) is 5.65 Å². The Hall–Kier alpha value is -1.39. The molecule has 2 aromatic heterocycles. The molecule has 1 aliphatic heterocycles. The van der Waals surface area contributed by atoms with Crippen LogP contribution in [-0.4, -0.2) is 40.0 Å². The van der Waals surface area contributed by atoms with Crippen LogP contribution in [0.5, 0.6) is 0 Å². The average Bonchev–Trinajstić information content (AvgIpc) is 3.04. The maximum absolute atomic E-state index is 4.61. The van der Waals surface area contributed by atoms with E-state index in [2.05, 4.69) is 58.7 Å². The standard InChI is InChI=1S/C17H26N4/c1-13(2)20-9-7-15(12-20)10-18-11-16-14(3)19-17-6-4-5-8-21(16)17/h4-6,8,13,15,18H,7,9-12H2,1-3H3. The van der Waals surface area contributed by atoms with Gasteiger partial charge in [0.05, 0.1) is 11.4 Å². The van der Waals surface area contributed by atoms with E-state index >= 15 is 0 Å². The molecule has 1 N–H and O–H groups in total. The molecule has 2 aromatic rings. The first kappa shape index (κ1) is 14.5. The minimum absolute atomic E-state index is 0.677. The third-order valence-corrected chi connectivity index (χ3v) is 4.60. The number of nitrogens with one attached hydrogen (secondary N) is 1. The summed E-state index contributed by atoms with van der Waals surface area (Å²) in [5.41, 5.74) is 3.45. The van der Waals surface area contributed by atoms with Gasteiger partial charge in [-0.1, -0.05) is 6.07 Å². The lowest BCUT2D eigenvalue weighted by atomic mass is 10.1. The zero-order chi connectivity index (χ0) is 14.8. The van der Waals surface area contributed by atoms with E-state index in [-0.39, 0.29) is 0 Å². The highest BCUT2D eigenvalue weighted by Crippen LogP contribution is 2.18. The fourth-order valence-corrected chi connectivity index (χ4v) is 3.27. The molecular formula is C17H26N4. The number of pyridine rings is 1.